The Morgan fingerprint density at radius 2 is 2.16 bits per heavy atom. The lowest BCUT2D eigenvalue weighted by Gasteiger charge is -2.12. The lowest BCUT2D eigenvalue weighted by Crippen LogP contribution is -2.35. The summed E-state index contributed by atoms with van der Waals surface area (Å²) in [5, 5.41) is 9.69. The van der Waals surface area contributed by atoms with Crippen molar-refractivity contribution in [2.75, 3.05) is 11.9 Å². The van der Waals surface area contributed by atoms with Crippen LogP contribution < -0.4 is 10.6 Å². The van der Waals surface area contributed by atoms with E-state index in [-0.39, 0.29) is 24.7 Å². The van der Waals surface area contributed by atoms with Gasteiger partial charge in [-0.05, 0) is 44.0 Å². The molecule has 0 saturated carbocycles. The summed E-state index contributed by atoms with van der Waals surface area (Å²) in [5.74, 6) is -0.440. The second kappa shape index (κ2) is 9.12. The number of carbonyl (C=O) groups excluding carboxylic acids is 1. The molecule has 3 aromatic rings. The fraction of sp³-hybridized carbons (Fsp3) is 0.391. The standard InChI is InChI=1S/C23H26F2N6O/c1-13(2)31-12-16(10-28-31)22-14(3)9-27-21(30-22)7-15-4-5-19(18(25)6-15)29-23(32)20-8-17(24)11-26-20/h4-6,9-10,12-13,17,20,26H,7-8,11H2,1-3H3,(H,29,32)/t17-,20+/m0/s1. The first-order valence-electron chi connectivity index (χ1n) is 10.6. The monoisotopic (exact) mass is 440 g/mol. The average Bonchev–Trinajstić information content (AvgIpc) is 3.41. The SMILES string of the molecule is Cc1cnc(Cc2ccc(NC(=O)[C@H]3C[C@H](F)CN3)c(F)c2)nc1-c1cnn(C(C)C)c1. The van der Waals surface area contributed by atoms with Gasteiger partial charge in [0.05, 0.1) is 23.6 Å². The van der Waals surface area contributed by atoms with Crippen molar-refractivity contribution in [1.29, 1.82) is 0 Å². The average molecular weight is 440 g/mol. The van der Waals surface area contributed by atoms with Crippen LogP contribution >= 0.6 is 0 Å². The van der Waals surface area contributed by atoms with Gasteiger partial charge in [0, 0.05) is 43.4 Å². The summed E-state index contributed by atoms with van der Waals surface area (Å²) in [6.45, 7) is 6.18. The normalized spacial score (nSPS) is 18.3. The van der Waals surface area contributed by atoms with Gasteiger partial charge >= 0.3 is 0 Å². The Bertz CT molecular complexity index is 1130. The van der Waals surface area contributed by atoms with Gasteiger partial charge in [-0.1, -0.05) is 6.07 Å². The molecule has 2 N–H and O–H groups in total. The number of aryl methyl sites for hydroxylation is 1. The zero-order valence-corrected chi connectivity index (χ0v) is 18.3. The molecular formula is C23H26F2N6O. The molecule has 1 aliphatic heterocycles. The van der Waals surface area contributed by atoms with E-state index < -0.39 is 23.9 Å². The molecule has 3 heterocycles. The molecule has 2 aromatic heterocycles. The second-order valence-electron chi connectivity index (χ2n) is 8.39. The molecule has 7 nitrogen and oxygen atoms in total. The number of rotatable bonds is 6. The molecule has 0 radical (unpaired) electrons. The van der Waals surface area contributed by atoms with Crippen molar-refractivity contribution in [1.82, 2.24) is 25.1 Å². The van der Waals surface area contributed by atoms with Crippen LogP contribution in [0.4, 0.5) is 14.5 Å². The molecule has 0 spiro atoms. The second-order valence-corrected chi connectivity index (χ2v) is 8.39. The summed E-state index contributed by atoms with van der Waals surface area (Å²) >= 11 is 0. The molecule has 0 unspecified atom stereocenters. The van der Waals surface area contributed by atoms with Crippen LogP contribution in [0.2, 0.25) is 0 Å². The third-order valence-corrected chi connectivity index (χ3v) is 5.47. The van der Waals surface area contributed by atoms with Crippen molar-refractivity contribution < 1.29 is 13.6 Å². The number of nitrogens with one attached hydrogen (secondary N) is 2. The number of amides is 1. The Morgan fingerprint density at radius 1 is 1.34 bits per heavy atom. The highest BCUT2D eigenvalue weighted by Crippen LogP contribution is 2.23. The quantitative estimate of drug-likeness (QED) is 0.612. The van der Waals surface area contributed by atoms with E-state index in [9.17, 15) is 13.6 Å². The van der Waals surface area contributed by atoms with Crippen molar-refractivity contribution in [2.45, 2.75) is 51.9 Å². The van der Waals surface area contributed by atoms with Crippen molar-refractivity contribution in [3.63, 3.8) is 0 Å². The molecular weight excluding hydrogens is 414 g/mol. The fourth-order valence-electron chi connectivity index (χ4n) is 3.66. The van der Waals surface area contributed by atoms with Gasteiger partial charge in [0.2, 0.25) is 5.91 Å². The molecule has 0 bridgehead atoms. The molecule has 32 heavy (non-hydrogen) atoms. The van der Waals surface area contributed by atoms with Gasteiger partial charge in [-0.3, -0.25) is 9.48 Å². The minimum Gasteiger partial charge on any atom is -0.322 e. The first-order valence-corrected chi connectivity index (χ1v) is 10.6. The molecule has 0 aliphatic carbocycles. The molecule has 1 amide bonds. The van der Waals surface area contributed by atoms with Crippen molar-refractivity contribution in [3.8, 4) is 11.3 Å². The van der Waals surface area contributed by atoms with Gasteiger partial charge in [-0.2, -0.15) is 5.10 Å². The van der Waals surface area contributed by atoms with Crippen LogP contribution in [-0.2, 0) is 11.2 Å². The number of hydrogen-bond acceptors (Lipinski definition) is 5. The van der Waals surface area contributed by atoms with E-state index in [0.717, 1.165) is 16.8 Å². The van der Waals surface area contributed by atoms with Crippen LogP contribution in [0.25, 0.3) is 11.3 Å². The van der Waals surface area contributed by atoms with E-state index in [4.69, 9.17) is 0 Å². The maximum absolute atomic E-state index is 14.6. The van der Waals surface area contributed by atoms with Crippen LogP contribution in [0.3, 0.4) is 0 Å². The molecule has 1 aromatic carbocycles. The predicted molar refractivity (Wildman–Crippen MR) is 118 cm³/mol. The minimum atomic E-state index is -1.06. The lowest BCUT2D eigenvalue weighted by molar-refractivity contribution is -0.117. The van der Waals surface area contributed by atoms with Gasteiger partial charge in [-0.25, -0.2) is 18.7 Å². The van der Waals surface area contributed by atoms with Crippen LogP contribution in [0, 0.1) is 12.7 Å². The molecule has 4 rings (SSSR count). The van der Waals surface area contributed by atoms with E-state index in [0.29, 0.717) is 17.8 Å². The van der Waals surface area contributed by atoms with Crippen LogP contribution in [0.1, 0.15) is 43.3 Å². The highest BCUT2D eigenvalue weighted by Gasteiger charge is 2.29. The minimum absolute atomic E-state index is 0.0643. The van der Waals surface area contributed by atoms with Crippen LogP contribution in [0.5, 0.6) is 0 Å². The Balaban J connectivity index is 1.48. The number of aromatic nitrogens is 4. The van der Waals surface area contributed by atoms with Gasteiger partial charge in [0.15, 0.2) is 0 Å². The Labute approximate surface area is 185 Å². The smallest absolute Gasteiger partial charge is 0.241 e. The predicted octanol–water partition coefficient (Wildman–Crippen LogP) is 3.60. The Kier molecular flexibility index (Phi) is 6.27. The largest absolute Gasteiger partial charge is 0.322 e. The summed E-state index contributed by atoms with van der Waals surface area (Å²) < 4.78 is 29.7. The van der Waals surface area contributed by atoms with Gasteiger partial charge in [0.25, 0.3) is 0 Å². The topological polar surface area (TPSA) is 84.7 Å². The number of hydrogen-bond donors (Lipinski definition) is 2. The van der Waals surface area contributed by atoms with Crippen LogP contribution in [-0.4, -0.2) is 44.4 Å². The summed E-state index contributed by atoms with van der Waals surface area (Å²) in [6, 6.07) is 4.18. The first kappa shape index (κ1) is 22.0. The van der Waals surface area contributed by atoms with E-state index in [1.807, 2.05) is 17.8 Å². The molecule has 1 fully saturated rings. The van der Waals surface area contributed by atoms with Gasteiger partial charge in [-0.15, -0.1) is 0 Å². The number of carbonyl (C=O) groups is 1. The number of alkyl halides is 1. The maximum atomic E-state index is 14.6. The van der Waals surface area contributed by atoms with Crippen molar-refractivity contribution in [2.24, 2.45) is 0 Å². The van der Waals surface area contributed by atoms with Gasteiger partial charge < -0.3 is 10.6 Å². The first-order chi connectivity index (χ1) is 15.3. The third-order valence-electron chi connectivity index (χ3n) is 5.47. The van der Waals surface area contributed by atoms with E-state index >= 15 is 0 Å². The van der Waals surface area contributed by atoms with Crippen molar-refractivity contribution >= 4 is 11.6 Å². The maximum Gasteiger partial charge on any atom is 0.241 e. The number of nitrogens with zero attached hydrogens (tertiary/aromatic N) is 4. The molecule has 168 valence electrons. The third kappa shape index (κ3) is 4.83. The van der Waals surface area contributed by atoms with E-state index in [1.54, 1.807) is 18.5 Å². The Hall–Kier alpha value is -3.20. The summed E-state index contributed by atoms with van der Waals surface area (Å²) in [4.78, 5) is 21.3. The zero-order valence-electron chi connectivity index (χ0n) is 18.3. The summed E-state index contributed by atoms with van der Waals surface area (Å²) in [6.07, 6.45) is 4.85. The van der Waals surface area contributed by atoms with Gasteiger partial charge in [0.1, 0.15) is 17.8 Å². The summed E-state index contributed by atoms with van der Waals surface area (Å²) in [5.41, 5.74) is 3.37. The molecule has 9 heteroatoms. The number of anilines is 1. The number of halogens is 2. The Morgan fingerprint density at radius 3 is 2.81 bits per heavy atom. The van der Waals surface area contributed by atoms with Crippen molar-refractivity contribution in [3.05, 3.63) is 59.6 Å². The fourth-order valence-corrected chi connectivity index (χ4v) is 3.66. The highest BCUT2D eigenvalue weighted by molar-refractivity contribution is 5.95. The summed E-state index contributed by atoms with van der Waals surface area (Å²) in [7, 11) is 0. The molecule has 2 atom stereocenters. The zero-order chi connectivity index (χ0) is 22.8. The molecule has 1 aliphatic rings. The number of benzene rings is 1. The lowest BCUT2D eigenvalue weighted by atomic mass is 10.1. The molecule has 1 saturated heterocycles. The van der Waals surface area contributed by atoms with Crippen LogP contribution in [0.15, 0.2) is 36.8 Å². The van der Waals surface area contributed by atoms with E-state index in [1.165, 1.54) is 12.1 Å². The highest BCUT2D eigenvalue weighted by atomic mass is 19.1. The van der Waals surface area contributed by atoms with E-state index in [2.05, 4.69) is 39.5 Å².